The molecule has 0 atom stereocenters. The topological polar surface area (TPSA) is 62.7 Å². The van der Waals surface area contributed by atoms with Crippen LogP contribution in [0.3, 0.4) is 0 Å². The summed E-state index contributed by atoms with van der Waals surface area (Å²) in [5, 5.41) is 9.43. The number of hydrogen-bond donors (Lipinski definition) is 1. The highest BCUT2D eigenvalue weighted by Crippen LogP contribution is 2.29. The lowest BCUT2D eigenvalue weighted by atomic mass is 10.1. The minimum absolute atomic E-state index is 0.0162. The second kappa shape index (κ2) is 4.57. The smallest absolute Gasteiger partial charge is 0.133 e. The van der Waals surface area contributed by atoms with E-state index in [-0.39, 0.29) is 22.7 Å². The monoisotopic (exact) mass is 251 g/mol. The number of thiazole rings is 1. The number of nitrogens with zero attached hydrogens (tertiary/aromatic N) is 2. The lowest BCUT2D eigenvalue weighted by Crippen LogP contribution is -1.95. The van der Waals surface area contributed by atoms with E-state index in [1.807, 2.05) is 6.07 Å². The SMILES string of the molecule is N#Cc1sc(CN)nc1-c1cc(F)ccc1F. The number of aromatic nitrogens is 1. The molecule has 0 aliphatic heterocycles. The fourth-order valence-corrected chi connectivity index (χ4v) is 2.14. The molecule has 6 heteroatoms. The van der Waals surface area contributed by atoms with E-state index in [9.17, 15) is 8.78 Å². The molecule has 2 N–H and O–H groups in total. The predicted molar refractivity (Wildman–Crippen MR) is 60.1 cm³/mol. The van der Waals surface area contributed by atoms with Crippen LogP contribution in [0.15, 0.2) is 18.2 Å². The third-order valence-electron chi connectivity index (χ3n) is 2.13. The van der Waals surface area contributed by atoms with Crippen LogP contribution < -0.4 is 5.73 Å². The molecule has 0 aliphatic carbocycles. The Morgan fingerprint density at radius 1 is 1.41 bits per heavy atom. The molecule has 17 heavy (non-hydrogen) atoms. The molecule has 0 unspecified atom stereocenters. The van der Waals surface area contributed by atoms with Gasteiger partial charge in [-0.15, -0.1) is 11.3 Å². The molecule has 0 amide bonds. The lowest BCUT2D eigenvalue weighted by molar-refractivity contribution is 0.602. The summed E-state index contributed by atoms with van der Waals surface area (Å²) < 4.78 is 26.6. The van der Waals surface area contributed by atoms with Crippen molar-refractivity contribution < 1.29 is 8.78 Å². The first-order chi connectivity index (χ1) is 8.15. The zero-order valence-electron chi connectivity index (χ0n) is 8.58. The Morgan fingerprint density at radius 2 is 2.18 bits per heavy atom. The highest BCUT2D eigenvalue weighted by Gasteiger charge is 2.16. The largest absolute Gasteiger partial charge is 0.325 e. The number of rotatable bonds is 2. The third kappa shape index (κ3) is 2.16. The maximum absolute atomic E-state index is 13.5. The Morgan fingerprint density at radius 3 is 2.82 bits per heavy atom. The fourth-order valence-electron chi connectivity index (χ4n) is 1.39. The van der Waals surface area contributed by atoms with Crippen LogP contribution in [0.25, 0.3) is 11.3 Å². The van der Waals surface area contributed by atoms with Gasteiger partial charge in [0.05, 0.1) is 0 Å². The predicted octanol–water partition coefficient (Wildman–Crippen LogP) is 2.42. The zero-order valence-corrected chi connectivity index (χ0v) is 9.39. The Bertz CT molecular complexity index is 601. The van der Waals surface area contributed by atoms with Crippen molar-refractivity contribution in [3.8, 4) is 17.3 Å². The maximum atomic E-state index is 13.5. The van der Waals surface area contributed by atoms with E-state index in [4.69, 9.17) is 11.0 Å². The van der Waals surface area contributed by atoms with Crippen LogP contribution in [0.2, 0.25) is 0 Å². The van der Waals surface area contributed by atoms with E-state index < -0.39 is 11.6 Å². The van der Waals surface area contributed by atoms with E-state index in [2.05, 4.69) is 4.98 Å². The quantitative estimate of drug-likeness (QED) is 0.891. The second-order valence-corrected chi connectivity index (χ2v) is 4.31. The normalized spacial score (nSPS) is 10.2. The van der Waals surface area contributed by atoms with E-state index in [1.54, 1.807) is 0 Å². The van der Waals surface area contributed by atoms with Crippen molar-refractivity contribution in [3.63, 3.8) is 0 Å². The molecule has 2 aromatic rings. The summed E-state index contributed by atoms with van der Waals surface area (Å²) in [7, 11) is 0. The summed E-state index contributed by atoms with van der Waals surface area (Å²) in [4.78, 5) is 4.27. The molecule has 1 aromatic carbocycles. The van der Waals surface area contributed by atoms with E-state index >= 15 is 0 Å². The Labute approximate surface area is 100 Å². The van der Waals surface area contributed by atoms with Crippen LogP contribution >= 0.6 is 11.3 Å². The summed E-state index contributed by atoms with van der Waals surface area (Å²) >= 11 is 1.08. The number of halogens is 2. The first-order valence-electron chi connectivity index (χ1n) is 4.71. The molecule has 1 aromatic heterocycles. The second-order valence-electron chi connectivity index (χ2n) is 3.23. The van der Waals surface area contributed by atoms with Crippen LogP contribution in [0.4, 0.5) is 8.78 Å². The van der Waals surface area contributed by atoms with E-state index in [0.717, 1.165) is 29.5 Å². The molecule has 3 nitrogen and oxygen atoms in total. The van der Waals surface area contributed by atoms with Gasteiger partial charge in [-0.3, -0.25) is 0 Å². The average molecular weight is 251 g/mol. The van der Waals surface area contributed by atoms with E-state index in [1.165, 1.54) is 0 Å². The maximum Gasteiger partial charge on any atom is 0.133 e. The number of hydrogen-bond acceptors (Lipinski definition) is 4. The molecule has 86 valence electrons. The highest BCUT2D eigenvalue weighted by atomic mass is 32.1. The van der Waals surface area contributed by atoms with E-state index in [0.29, 0.717) is 5.01 Å². The van der Waals surface area contributed by atoms with Crippen LogP contribution in [-0.4, -0.2) is 4.98 Å². The van der Waals surface area contributed by atoms with Gasteiger partial charge in [-0.05, 0) is 18.2 Å². The minimum atomic E-state index is -0.614. The zero-order chi connectivity index (χ0) is 12.4. The van der Waals surface area contributed by atoms with Crippen molar-refractivity contribution in [2.75, 3.05) is 0 Å². The van der Waals surface area contributed by atoms with Gasteiger partial charge in [0.1, 0.15) is 33.3 Å². The number of nitriles is 1. The first-order valence-corrected chi connectivity index (χ1v) is 5.52. The highest BCUT2D eigenvalue weighted by molar-refractivity contribution is 7.12. The van der Waals surface area contributed by atoms with Gasteiger partial charge < -0.3 is 5.73 Å². The van der Waals surface area contributed by atoms with Crippen LogP contribution in [0.1, 0.15) is 9.88 Å². The summed E-state index contributed by atoms with van der Waals surface area (Å²) in [6.07, 6.45) is 0. The van der Waals surface area contributed by atoms with Crippen molar-refractivity contribution in [1.29, 1.82) is 5.26 Å². The van der Waals surface area contributed by atoms with Crippen LogP contribution in [0, 0.1) is 23.0 Å². The van der Waals surface area contributed by atoms with Crippen molar-refractivity contribution in [2.24, 2.45) is 5.73 Å². The molecule has 1 heterocycles. The van der Waals surface area contributed by atoms with Gasteiger partial charge in [0, 0.05) is 12.1 Å². The lowest BCUT2D eigenvalue weighted by Gasteiger charge is -2.00. The Hall–Kier alpha value is -1.84. The van der Waals surface area contributed by atoms with Crippen LogP contribution in [0.5, 0.6) is 0 Å². The summed E-state index contributed by atoms with van der Waals surface area (Å²) in [6.45, 7) is 0.163. The summed E-state index contributed by atoms with van der Waals surface area (Å²) in [5.41, 5.74) is 5.54. The molecule has 2 rings (SSSR count). The molecule has 0 fully saturated rings. The summed E-state index contributed by atoms with van der Waals surface area (Å²) in [5.74, 6) is -1.19. The summed E-state index contributed by atoms with van der Waals surface area (Å²) in [6, 6.07) is 4.95. The van der Waals surface area contributed by atoms with Gasteiger partial charge in [0.25, 0.3) is 0 Å². The van der Waals surface area contributed by atoms with Crippen molar-refractivity contribution >= 4 is 11.3 Å². The van der Waals surface area contributed by atoms with Gasteiger partial charge in [0.15, 0.2) is 0 Å². The van der Waals surface area contributed by atoms with Crippen molar-refractivity contribution in [1.82, 2.24) is 4.98 Å². The van der Waals surface area contributed by atoms with Crippen LogP contribution in [-0.2, 0) is 6.54 Å². The molecular weight excluding hydrogens is 244 g/mol. The fraction of sp³-hybridized carbons (Fsp3) is 0.0909. The molecule has 0 saturated heterocycles. The number of benzene rings is 1. The molecular formula is C11H7F2N3S. The number of nitrogens with two attached hydrogens (primary N) is 1. The van der Waals surface area contributed by atoms with Gasteiger partial charge >= 0.3 is 0 Å². The minimum Gasteiger partial charge on any atom is -0.325 e. The van der Waals surface area contributed by atoms with Crippen molar-refractivity contribution in [2.45, 2.75) is 6.54 Å². The standard InChI is InChI=1S/C11H7F2N3S/c12-6-1-2-8(13)7(3-6)11-9(4-14)17-10(5-15)16-11/h1-3H,5,15H2. The molecule has 0 bridgehead atoms. The van der Waals surface area contributed by atoms with Gasteiger partial charge in [0.2, 0.25) is 0 Å². The third-order valence-corrected chi connectivity index (χ3v) is 3.11. The molecule has 0 radical (unpaired) electrons. The Balaban J connectivity index is 2.63. The van der Waals surface area contributed by atoms with Gasteiger partial charge in [-0.2, -0.15) is 5.26 Å². The van der Waals surface area contributed by atoms with Gasteiger partial charge in [-0.25, -0.2) is 13.8 Å². The Kier molecular flexibility index (Phi) is 3.13. The van der Waals surface area contributed by atoms with Crippen molar-refractivity contribution in [3.05, 3.63) is 39.7 Å². The molecule has 0 saturated carbocycles. The average Bonchev–Trinajstić information content (AvgIpc) is 2.75. The first kappa shape index (κ1) is 11.6. The molecule has 0 spiro atoms. The van der Waals surface area contributed by atoms with Gasteiger partial charge in [-0.1, -0.05) is 0 Å². The molecule has 0 aliphatic rings.